The third kappa shape index (κ3) is 2.70. The number of nitrogen functional groups attached to an aromatic ring is 1. The van der Waals surface area contributed by atoms with E-state index in [1.807, 2.05) is 0 Å². The van der Waals surface area contributed by atoms with Crippen LogP contribution in [0.4, 0.5) is 20.2 Å². The van der Waals surface area contributed by atoms with E-state index in [0.29, 0.717) is 5.56 Å². The Morgan fingerprint density at radius 1 is 1.21 bits per heavy atom. The Hall–Kier alpha value is -2.43. The maximum Gasteiger partial charge on any atom is 0.258 e. The van der Waals surface area contributed by atoms with Crippen LogP contribution >= 0.6 is 0 Å². The summed E-state index contributed by atoms with van der Waals surface area (Å²) in [6.07, 6.45) is 0. The number of rotatable bonds is 2. The fourth-order valence-electron chi connectivity index (χ4n) is 1.65. The lowest BCUT2D eigenvalue weighted by Crippen LogP contribution is -2.15. The van der Waals surface area contributed by atoms with Gasteiger partial charge in [0.1, 0.15) is 11.6 Å². The van der Waals surface area contributed by atoms with Gasteiger partial charge < -0.3 is 11.1 Å². The van der Waals surface area contributed by atoms with Crippen LogP contribution < -0.4 is 11.1 Å². The van der Waals surface area contributed by atoms with Crippen molar-refractivity contribution >= 4 is 17.3 Å². The number of amides is 1. The summed E-state index contributed by atoms with van der Waals surface area (Å²) in [5, 5.41) is 2.31. The van der Waals surface area contributed by atoms with E-state index in [4.69, 9.17) is 5.73 Å². The Labute approximate surface area is 109 Å². The maximum atomic E-state index is 13.7. The molecular weight excluding hydrogens is 250 g/mol. The monoisotopic (exact) mass is 262 g/mol. The van der Waals surface area contributed by atoms with Gasteiger partial charge in [-0.2, -0.15) is 0 Å². The molecule has 0 aromatic heterocycles. The molecule has 1 amide bonds. The third-order valence-corrected chi connectivity index (χ3v) is 2.68. The summed E-state index contributed by atoms with van der Waals surface area (Å²) in [6, 6.07) is 8.32. The van der Waals surface area contributed by atoms with Crippen molar-refractivity contribution in [3.05, 3.63) is 59.2 Å². The number of carbonyl (C=O) groups excluding carboxylic acids is 1. The Balaban J connectivity index is 2.28. The van der Waals surface area contributed by atoms with E-state index >= 15 is 0 Å². The van der Waals surface area contributed by atoms with Crippen LogP contribution in [0, 0.1) is 18.6 Å². The lowest BCUT2D eigenvalue weighted by molar-refractivity contribution is 0.102. The Bertz CT molecular complexity index is 641. The average molecular weight is 262 g/mol. The quantitative estimate of drug-likeness (QED) is 0.817. The molecule has 3 nitrogen and oxygen atoms in total. The molecular formula is C14H12F2N2O. The Morgan fingerprint density at radius 3 is 2.63 bits per heavy atom. The topological polar surface area (TPSA) is 55.1 Å². The SMILES string of the molecule is Cc1cccc(C(=O)Nc2ccc(N)cc2F)c1F. The summed E-state index contributed by atoms with van der Waals surface area (Å²) in [6.45, 7) is 1.55. The smallest absolute Gasteiger partial charge is 0.258 e. The van der Waals surface area contributed by atoms with E-state index < -0.39 is 17.5 Å². The molecule has 2 aromatic rings. The highest BCUT2D eigenvalue weighted by Gasteiger charge is 2.14. The molecule has 0 radical (unpaired) electrons. The molecule has 0 aliphatic carbocycles. The molecule has 0 bridgehead atoms. The highest BCUT2D eigenvalue weighted by atomic mass is 19.1. The fraction of sp³-hybridized carbons (Fsp3) is 0.0714. The van der Waals surface area contributed by atoms with Gasteiger partial charge in [0, 0.05) is 5.69 Å². The van der Waals surface area contributed by atoms with E-state index in [-0.39, 0.29) is 16.9 Å². The molecule has 0 heterocycles. The van der Waals surface area contributed by atoms with Crippen molar-refractivity contribution in [3.63, 3.8) is 0 Å². The van der Waals surface area contributed by atoms with Gasteiger partial charge in [0.25, 0.3) is 5.91 Å². The molecule has 2 aromatic carbocycles. The van der Waals surface area contributed by atoms with Gasteiger partial charge in [0.2, 0.25) is 0 Å². The van der Waals surface area contributed by atoms with Crippen LogP contribution in [0.2, 0.25) is 0 Å². The molecule has 0 unspecified atom stereocenters. The normalized spacial score (nSPS) is 10.3. The van der Waals surface area contributed by atoms with Gasteiger partial charge in [-0.3, -0.25) is 4.79 Å². The first-order valence-corrected chi connectivity index (χ1v) is 5.60. The second kappa shape index (κ2) is 5.06. The van der Waals surface area contributed by atoms with E-state index in [1.165, 1.54) is 18.2 Å². The van der Waals surface area contributed by atoms with Gasteiger partial charge in [0.05, 0.1) is 11.3 Å². The van der Waals surface area contributed by atoms with Crippen molar-refractivity contribution in [2.75, 3.05) is 11.1 Å². The number of carbonyl (C=O) groups is 1. The third-order valence-electron chi connectivity index (χ3n) is 2.68. The summed E-state index contributed by atoms with van der Waals surface area (Å²) in [5.41, 5.74) is 5.83. The number of halogens is 2. The lowest BCUT2D eigenvalue weighted by atomic mass is 10.1. The van der Waals surface area contributed by atoms with Crippen LogP contribution in [0.15, 0.2) is 36.4 Å². The summed E-state index contributed by atoms with van der Waals surface area (Å²) in [5.74, 6) is -1.98. The molecule has 0 saturated heterocycles. The Morgan fingerprint density at radius 2 is 1.95 bits per heavy atom. The first-order valence-electron chi connectivity index (χ1n) is 5.60. The number of hydrogen-bond acceptors (Lipinski definition) is 2. The molecule has 3 N–H and O–H groups in total. The molecule has 0 atom stereocenters. The van der Waals surface area contributed by atoms with Crippen LogP contribution in [0.3, 0.4) is 0 Å². The maximum absolute atomic E-state index is 13.7. The van der Waals surface area contributed by atoms with Crippen molar-refractivity contribution in [2.45, 2.75) is 6.92 Å². The summed E-state index contributed by atoms with van der Waals surface area (Å²) in [7, 11) is 0. The first-order chi connectivity index (χ1) is 8.99. The first kappa shape index (κ1) is 13.0. The fourth-order valence-corrected chi connectivity index (χ4v) is 1.65. The largest absolute Gasteiger partial charge is 0.399 e. The van der Waals surface area contributed by atoms with Gasteiger partial charge in [-0.1, -0.05) is 12.1 Å². The van der Waals surface area contributed by atoms with E-state index in [2.05, 4.69) is 5.32 Å². The second-order valence-electron chi connectivity index (χ2n) is 4.13. The summed E-state index contributed by atoms with van der Waals surface area (Å²) >= 11 is 0. The molecule has 0 aliphatic rings. The van der Waals surface area contributed by atoms with Gasteiger partial charge in [-0.15, -0.1) is 0 Å². The molecule has 5 heteroatoms. The van der Waals surface area contributed by atoms with Gasteiger partial charge in [-0.25, -0.2) is 8.78 Å². The molecule has 19 heavy (non-hydrogen) atoms. The minimum atomic E-state index is -0.704. The van der Waals surface area contributed by atoms with Crippen LogP contribution in [0.5, 0.6) is 0 Å². The average Bonchev–Trinajstić information content (AvgIpc) is 2.36. The zero-order chi connectivity index (χ0) is 14.0. The molecule has 98 valence electrons. The van der Waals surface area contributed by atoms with Crippen molar-refractivity contribution < 1.29 is 13.6 Å². The number of benzene rings is 2. The molecule has 0 spiro atoms. The van der Waals surface area contributed by atoms with Crippen LogP contribution in [-0.2, 0) is 0 Å². The van der Waals surface area contributed by atoms with Crippen LogP contribution in [0.25, 0.3) is 0 Å². The number of aryl methyl sites for hydroxylation is 1. The van der Waals surface area contributed by atoms with Crippen molar-refractivity contribution in [1.82, 2.24) is 0 Å². The zero-order valence-corrected chi connectivity index (χ0v) is 10.2. The van der Waals surface area contributed by atoms with E-state index in [1.54, 1.807) is 19.1 Å². The number of hydrogen-bond donors (Lipinski definition) is 2. The predicted molar refractivity (Wildman–Crippen MR) is 69.9 cm³/mol. The van der Waals surface area contributed by atoms with Crippen molar-refractivity contribution in [1.29, 1.82) is 0 Å². The second-order valence-corrected chi connectivity index (χ2v) is 4.13. The van der Waals surface area contributed by atoms with E-state index in [9.17, 15) is 13.6 Å². The van der Waals surface area contributed by atoms with Gasteiger partial charge in [0.15, 0.2) is 0 Å². The van der Waals surface area contributed by atoms with E-state index in [0.717, 1.165) is 6.07 Å². The zero-order valence-electron chi connectivity index (χ0n) is 10.2. The standard InChI is InChI=1S/C14H12F2N2O/c1-8-3-2-4-10(13(8)16)14(19)18-12-6-5-9(17)7-11(12)15/h2-7H,17H2,1H3,(H,18,19). The molecule has 0 aliphatic heterocycles. The van der Waals surface area contributed by atoms with Gasteiger partial charge in [-0.05, 0) is 36.8 Å². The predicted octanol–water partition coefficient (Wildman–Crippen LogP) is 3.11. The highest BCUT2D eigenvalue weighted by molar-refractivity contribution is 6.04. The molecule has 0 fully saturated rings. The van der Waals surface area contributed by atoms with Crippen molar-refractivity contribution in [3.8, 4) is 0 Å². The minimum Gasteiger partial charge on any atom is -0.399 e. The summed E-state index contributed by atoms with van der Waals surface area (Å²) in [4.78, 5) is 11.9. The number of nitrogens with one attached hydrogen (secondary N) is 1. The molecule has 0 saturated carbocycles. The Kier molecular flexibility index (Phi) is 3.46. The minimum absolute atomic E-state index is 0.0416. The summed E-state index contributed by atoms with van der Waals surface area (Å²) < 4.78 is 27.3. The van der Waals surface area contributed by atoms with Crippen LogP contribution in [0.1, 0.15) is 15.9 Å². The number of nitrogens with two attached hydrogens (primary N) is 1. The molecule has 2 rings (SSSR count). The lowest BCUT2D eigenvalue weighted by Gasteiger charge is -2.08. The van der Waals surface area contributed by atoms with Crippen LogP contribution in [-0.4, -0.2) is 5.91 Å². The number of anilines is 2. The highest BCUT2D eigenvalue weighted by Crippen LogP contribution is 2.19. The van der Waals surface area contributed by atoms with Crippen molar-refractivity contribution in [2.24, 2.45) is 0 Å². The van der Waals surface area contributed by atoms with Gasteiger partial charge >= 0.3 is 0 Å².